The van der Waals surface area contributed by atoms with E-state index in [4.69, 9.17) is 4.74 Å². The Morgan fingerprint density at radius 2 is 1.92 bits per heavy atom. The van der Waals surface area contributed by atoms with Crippen LogP contribution < -0.4 is 15.0 Å². The molecule has 1 aliphatic heterocycles. The van der Waals surface area contributed by atoms with Crippen LogP contribution in [0.2, 0.25) is 0 Å². The van der Waals surface area contributed by atoms with Crippen LogP contribution in [0.25, 0.3) is 0 Å². The third-order valence-electron chi connectivity index (χ3n) is 4.48. The number of ether oxygens (including phenoxy) is 1. The van der Waals surface area contributed by atoms with E-state index in [0.717, 1.165) is 22.6 Å². The second-order valence-electron chi connectivity index (χ2n) is 6.23. The van der Waals surface area contributed by atoms with Crippen molar-refractivity contribution in [2.75, 3.05) is 17.3 Å². The fraction of sp³-hybridized carbons (Fsp3) is 0.143. The highest BCUT2D eigenvalue weighted by molar-refractivity contribution is 6.11. The van der Waals surface area contributed by atoms with Gasteiger partial charge in [0.2, 0.25) is 0 Å². The molecule has 1 unspecified atom stereocenters. The number of nitrogens with zero attached hydrogens (tertiary/aromatic N) is 2. The average Bonchev–Trinajstić information content (AvgIpc) is 2.95. The predicted octanol–water partition coefficient (Wildman–Crippen LogP) is 4.17. The molecule has 130 valence electrons. The van der Waals surface area contributed by atoms with Gasteiger partial charge in [0.05, 0.1) is 7.11 Å². The van der Waals surface area contributed by atoms with E-state index in [9.17, 15) is 4.79 Å². The largest absolute Gasteiger partial charge is 0.497 e. The summed E-state index contributed by atoms with van der Waals surface area (Å²) < 4.78 is 5.30. The second kappa shape index (κ2) is 6.52. The zero-order chi connectivity index (χ0) is 18.1. The summed E-state index contributed by atoms with van der Waals surface area (Å²) in [5, 5.41) is 3.45. The number of nitrogens with one attached hydrogen (secondary N) is 1. The molecule has 1 N–H and O–H groups in total. The Hall–Kier alpha value is -3.34. The summed E-state index contributed by atoms with van der Waals surface area (Å²) >= 11 is 0. The first kappa shape index (κ1) is 16.1. The van der Waals surface area contributed by atoms with Crippen LogP contribution >= 0.6 is 0 Å². The molecular weight excluding hydrogens is 326 g/mol. The van der Waals surface area contributed by atoms with Gasteiger partial charge in [-0.3, -0.25) is 9.69 Å². The lowest BCUT2D eigenvalue weighted by atomic mass is 10.1. The molecule has 0 bridgehead atoms. The molecule has 1 aromatic heterocycles. The summed E-state index contributed by atoms with van der Waals surface area (Å²) in [4.78, 5) is 19.2. The number of rotatable bonds is 4. The lowest BCUT2D eigenvalue weighted by molar-refractivity contribution is 0.0992. The number of aromatic nitrogens is 1. The van der Waals surface area contributed by atoms with Gasteiger partial charge in [0.1, 0.15) is 17.7 Å². The second-order valence-corrected chi connectivity index (χ2v) is 6.23. The van der Waals surface area contributed by atoms with Crippen molar-refractivity contribution in [2.45, 2.75) is 13.1 Å². The summed E-state index contributed by atoms with van der Waals surface area (Å²) in [5.74, 6) is 1.32. The molecule has 0 spiro atoms. The Balaban J connectivity index is 1.76. The maximum atomic E-state index is 13.0. The van der Waals surface area contributed by atoms with Crippen LogP contribution in [0.5, 0.6) is 5.75 Å². The van der Waals surface area contributed by atoms with Crippen molar-refractivity contribution in [2.24, 2.45) is 0 Å². The lowest BCUT2D eigenvalue weighted by Crippen LogP contribution is -2.32. The first-order valence-corrected chi connectivity index (χ1v) is 8.43. The summed E-state index contributed by atoms with van der Waals surface area (Å²) in [6, 6.07) is 19.1. The Kier molecular flexibility index (Phi) is 4.05. The molecule has 1 amide bonds. The van der Waals surface area contributed by atoms with Crippen molar-refractivity contribution in [3.8, 4) is 5.75 Å². The molecule has 2 aromatic carbocycles. The number of hydrogen-bond acceptors (Lipinski definition) is 4. The van der Waals surface area contributed by atoms with Crippen molar-refractivity contribution >= 4 is 17.4 Å². The minimum Gasteiger partial charge on any atom is -0.497 e. The van der Waals surface area contributed by atoms with Gasteiger partial charge in [0.15, 0.2) is 0 Å². The number of fused-ring (bicyclic) bond motifs is 1. The molecule has 0 aliphatic carbocycles. The molecule has 1 aliphatic rings. The molecule has 0 radical (unpaired) electrons. The van der Waals surface area contributed by atoms with E-state index in [2.05, 4.69) is 10.3 Å². The number of carbonyl (C=O) groups excluding carboxylic acids is 1. The highest BCUT2D eigenvalue weighted by Gasteiger charge is 2.38. The zero-order valence-corrected chi connectivity index (χ0v) is 14.6. The van der Waals surface area contributed by atoms with Gasteiger partial charge in [-0.15, -0.1) is 0 Å². The number of benzene rings is 2. The van der Waals surface area contributed by atoms with Gasteiger partial charge < -0.3 is 10.1 Å². The summed E-state index contributed by atoms with van der Waals surface area (Å²) in [6.45, 7) is 1.98. The van der Waals surface area contributed by atoms with Gasteiger partial charge in [0.25, 0.3) is 5.91 Å². The Morgan fingerprint density at radius 1 is 1.08 bits per heavy atom. The monoisotopic (exact) mass is 345 g/mol. The molecule has 0 saturated carbocycles. The van der Waals surface area contributed by atoms with Crippen LogP contribution in [0.15, 0.2) is 66.9 Å². The van der Waals surface area contributed by atoms with Crippen LogP contribution in [-0.2, 0) is 0 Å². The van der Waals surface area contributed by atoms with Crippen molar-refractivity contribution in [1.29, 1.82) is 0 Å². The Morgan fingerprint density at radius 3 is 2.69 bits per heavy atom. The predicted molar refractivity (Wildman–Crippen MR) is 102 cm³/mol. The van der Waals surface area contributed by atoms with Crippen molar-refractivity contribution in [3.63, 3.8) is 0 Å². The quantitative estimate of drug-likeness (QED) is 0.771. The fourth-order valence-corrected chi connectivity index (χ4v) is 3.17. The third-order valence-corrected chi connectivity index (χ3v) is 4.48. The van der Waals surface area contributed by atoms with Gasteiger partial charge in [-0.2, -0.15) is 0 Å². The molecule has 0 saturated heterocycles. The standard InChI is InChI=1S/C21H19N3O2/c1-14-10-11-19(22-13-14)24-20(17-8-3-4-9-18(17)21(24)25)23-15-6-5-7-16(12-15)26-2/h3-13,20,23H,1-2H3. The first-order valence-electron chi connectivity index (χ1n) is 8.43. The van der Waals surface area contributed by atoms with E-state index in [1.54, 1.807) is 18.2 Å². The smallest absolute Gasteiger partial charge is 0.261 e. The van der Waals surface area contributed by atoms with Gasteiger partial charge >= 0.3 is 0 Å². The molecule has 26 heavy (non-hydrogen) atoms. The Bertz CT molecular complexity index is 953. The fourth-order valence-electron chi connectivity index (χ4n) is 3.17. The normalized spacial score (nSPS) is 15.7. The van der Waals surface area contributed by atoms with E-state index in [0.29, 0.717) is 11.4 Å². The number of hydrogen-bond donors (Lipinski definition) is 1. The van der Waals surface area contributed by atoms with E-state index in [-0.39, 0.29) is 12.1 Å². The first-order chi connectivity index (χ1) is 12.7. The third kappa shape index (κ3) is 2.77. The zero-order valence-electron chi connectivity index (χ0n) is 14.6. The highest BCUT2D eigenvalue weighted by Crippen LogP contribution is 2.37. The molecule has 2 heterocycles. The van der Waals surface area contributed by atoms with E-state index in [1.807, 2.05) is 67.6 Å². The molecule has 3 aromatic rings. The van der Waals surface area contributed by atoms with Crippen LogP contribution in [0.3, 0.4) is 0 Å². The maximum absolute atomic E-state index is 13.0. The topological polar surface area (TPSA) is 54.5 Å². The molecule has 0 fully saturated rings. The summed E-state index contributed by atoms with van der Waals surface area (Å²) in [7, 11) is 1.63. The van der Waals surface area contributed by atoms with Crippen LogP contribution in [0.4, 0.5) is 11.5 Å². The summed E-state index contributed by atoms with van der Waals surface area (Å²) in [6.07, 6.45) is 1.44. The summed E-state index contributed by atoms with van der Waals surface area (Å²) in [5.41, 5.74) is 3.55. The molecule has 4 rings (SSSR count). The lowest BCUT2D eigenvalue weighted by Gasteiger charge is -2.26. The van der Waals surface area contributed by atoms with Crippen molar-refractivity contribution < 1.29 is 9.53 Å². The average molecular weight is 345 g/mol. The number of anilines is 2. The Labute approximate surface area is 152 Å². The van der Waals surface area contributed by atoms with E-state index in [1.165, 1.54) is 0 Å². The molecule has 5 heteroatoms. The van der Waals surface area contributed by atoms with Crippen molar-refractivity contribution in [3.05, 3.63) is 83.6 Å². The number of aryl methyl sites for hydroxylation is 1. The van der Waals surface area contributed by atoms with Crippen molar-refractivity contribution in [1.82, 2.24) is 4.98 Å². The highest BCUT2D eigenvalue weighted by atomic mass is 16.5. The van der Waals surface area contributed by atoms with Gasteiger partial charge in [-0.1, -0.05) is 30.3 Å². The number of carbonyl (C=O) groups is 1. The number of pyridine rings is 1. The van der Waals surface area contributed by atoms with Gasteiger partial charge in [-0.05, 0) is 36.8 Å². The minimum atomic E-state index is -0.332. The number of amides is 1. The molecule has 5 nitrogen and oxygen atoms in total. The van der Waals surface area contributed by atoms with Crippen LogP contribution in [0.1, 0.15) is 27.7 Å². The van der Waals surface area contributed by atoms with Gasteiger partial charge in [-0.25, -0.2) is 4.98 Å². The number of methoxy groups -OCH3 is 1. The molecular formula is C21H19N3O2. The van der Waals surface area contributed by atoms with Gasteiger partial charge in [0, 0.05) is 29.1 Å². The van der Waals surface area contributed by atoms with Crippen LogP contribution in [-0.4, -0.2) is 18.0 Å². The van der Waals surface area contributed by atoms with E-state index >= 15 is 0 Å². The SMILES string of the molecule is COc1cccc(NC2c3ccccc3C(=O)N2c2ccc(C)cn2)c1. The molecule has 1 atom stereocenters. The van der Waals surface area contributed by atoms with E-state index < -0.39 is 0 Å². The maximum Gasteiger partial charge on any atom is 0.261 e. The minimum absolute atomic E-state index is 0.0580. The van der Waals surface area contributed by atoms with Crippen LogP contribution in [0, 0.1) is 6.92 Å².